The van der Waals surface area contributed by atoms with Crippen molar-refractivity contribution in [2.45, 2.75) is 57.5 Å². The SMILES string of the molecule is Cc1ccc(C(=O)N2CCC(N3CCCC(C(=O)NC4CC4)C3)CC2)s1. The van der Waals surface area contributed by atoms with Crippen molar-refractivity contribution >= 4 is 23.2 Å². The number of aryl methyl sites for hydroxylation is 1. The molecule has 1 aromatic rings. The number of hydrogen-bond acceptors (Lipinski definition) is 4. The Morgan fingerprint density at radius 2 is 1.85 bits per heavy atom. The first-order valence-corrected chi connectivity index (χ1v) is 10.8. The van der Waals surface area contributed by atoms with Gasteiger partial charge in [-0.3, -0.25) is 14.5 Å². The molecule has 2 amide bonds. The number of amides is 2. The summed E-state index contributed by atoms with van der Waals surface area (Å²) in [5.74, 6) is 0.595. The molecule has 1 saturated carbocycles. The molecule has 1 aromatic heterocycles. The zero-order valence-corrected chi connectivity index (χ0v) is 16.4. The molecule has 26 heavy (non-hydrogen) atoms. The van der Waals surface area contributed by atoms with E-state index < -0.39 is 0 Å². The Kier molecular flexibility index (Phi) is 5.32. The number of rotatable bonds is 4. The molecule has 0 spiro atoms. The third-order valence-corrected chi connectivity index (χ3v) is 6.96. The minimum absolute atomic E-state index is 0.151. The van der Waals surface area contributed by atoms with E-state index in [1.165, 1.54) is 4.88 Å². The van der Waals surface area contributed by atoms with E-state index in [9.17, 15) is 9.59 Å². The number of carbonyl (C=O) groups is 2. The molecule has 142 valence electrons. The van der Waals surface area contributed by atoms with Crippen LogP contribution < -0.4 is 5.32 Å². The van der Waals surface area contributed by atoms with Gasteiger partial charge in [-0.25, -0.2) is 0 Å². The standard InChI is InChI=1S/C20H29N3O2S/c1-14-4-7-18(26-14)20(25)22-11-8-17(9-12-22)23-10-2-3-15(13-23)19(24)21-16-5-6-16/h4,7,15-17H,2-3,5-6,8-13H2,1H3,(H,21,24). The summed E-state index contributed by atoms with van der Waals surface area (Å²) >= 11 is 1.59. The van der Waals surface area contributed by atoms with Crippen molar-refractivity contribution in [3.05, 3.63) is 21.9 Å². The molecule has 5 nitrogen and oxygen atoms in total. The summed E-state index contributed by atoms with van der Waals surface area (Å²) in [7, 11) is 0. The van der Waals surface area contributed by atoms with E-state index in [4.69, 9.17) is 0 Å². The zero-order chi connectivity index (χ0) is 18.1. The van der Waals surface area contributed by atoms with Gasteiger partial charge >= 0.3 is 0 Å². The fourth-order valence-corrected chi connectivity index (χ4v) is 5.07. The summed E-state index contributed by atoms with van der Waals surface area (Å²) in [5, 5.41) is 3.17. The van der Waals surface area contributed by atoms with Crippen molar-refractivity contribution in [2.75, 3.05) is 26.2 Å². The van der Waals surface area contributed by atoms with Crippen LogP contribution in [-0.4, -0.2) is 59.9 Å². The van der Waals surface area contributed by atoms with E-state index in [2.05, 4.69) is 10.2 Å². The summed E-state index contributed by atoms with van der Waals surface area (Å²) in [6, 6.07) is 4.93. The lowest BCUT2D eigenvalue weighted by Gasteiger charge is -2.42. The number of thiophene rings is 1. The zero-order valence-electron chi connectivity index (χ0n) is 15.6. The minimum Gasteiger partial charge on any atom is -0.353 e. The highest BCUT2D eigenvalue weighted by molar-refractivity contribution is 7.13. The van der Waals surface area contributed by atoms with Gasteiger partial charge in [-0.2, -0.15) is 0 Å². The number of nitrogens with zero attached hydrogens (tertiary/aromatic N) is 2. The molecule has 3 fully saturated rings. The predicted molar refractivity (Wildman–Crippen MR) is 103 cm³/mol. The van der Waals surface area contributed by atoms with Gasteiger partial charge in [0.25, 0.3) is 5.91 Å². The fourth-order valence-electron chi connectivity index (χ4n) is 4.24. The molecule has 0 radical (unpaired) electrons. The summed E-state index contributed by atoms with van der Waals surface area (Å²) < 4.78 is 0. The lowest BCUT2D eigenvalue weighted by Crippen LogP contribution is -2.51. The Hall–Kier alpha value is -1.40. The first-order chi connectivity index (χ1) is 12.6. The van der Waals surface area contributed by atoms with Crippen LogP contribution >= 0.6 is 11.3 Å². The molecule has 1 N–H and O–H groups in total. The normalized spacial score (nSPS) is 25.3. The highest BCUT2D eigenvalue weighted by Crippen LogP contribution is 2.27. The molecular weight excluding hydrogens is 346 g/mol. The summed E-state index contributed by atoms with van der Waals surface area (Å²) in [6.07, 6.45) is 6.47. The van der Waals surface area contributed by atoms with Crippen molar-refractivity contribution in [1.29, 1.82) is 0 Å². The van der Waals surface area contributed by atoms with Crippen molar-refractivity contribution in [1.82, 2.24) is 15.1 Å². The number of nitrogens with one attached hydrogen (secondary N) is 1. The maximum Gasteiger partial charge on any atom is 0.263 e. The Morgan fingerprint density at radius 1 is 1.08 bits per heavy atom. The lowest BCUT2D eigenvalue weighted by molar-refractivity contribution is -0.127. The van der Waals surface area contributed by atoms with E-state index in [-0.39, 0.29) is 17.7 Å². The molecule has 1 aliphatic carbocycles. The van der Waals surface area contributed by atoms with Gasteiger partial charge in [0.15, 0.2) is 0 Å². The summed E-state index contributed by atoms with van der Waals surface area (Å²) in [6.45, 7) is 5.68. The third-order valence-electron chi connectivity index (χ3n) is 5.97. The molecule has 3 aliphatic rings. The second-order valence-corrected chi connectivity index (χ2v) is 9.34. The van der Waals surface area contributed by atoms with Crippen molar-refractivity contribution in [3.63, 3.8) is 0 Å². The second-order valence-electron chi connectivity index (χ2n) is 8.05. The van der Waals surface area contributed by atoms with Crippen LogP contribution in [-0.2, 0) is 4.79 Å². The third kappa shape index (κ3) is 4.12. The van der Waals surface area contributed by atoms with Crippen LogP contribution in [0.15, 0.2) is 12.1 Å². The molecule has 1 unspecified atom stereocenters. The highest BCUT2D eigenvalue weighted by atomic mass is 32.1. The van der Waals surface area contributed by atoms with Crippen LogP contribution in [0.3, 0.4) is 0 Å². The van der Waals surface area contributed by atoms with E-state index in [1.54, 1.807) is 11.3 Å². The van der Waals surface area contributed by atoms with Gasteiger partial charge < -0.3 is 10.2 Å². The van der Waals surface area contributed by atoms with E-state index in [1.807, 2.05) is 24.0 Å². The molecule has 1 atom stereocenters. The fraction of sp³-hybridized carbons (Fsp3) is 0.700. The van der Waals surface area contributed by atoms with Crippen molar-refractivity contribution in [3.8, 4) is 0 Å². The molecule has 6 heteroatoms. The molecular formula is C20H29N3O2S. The molecule has 2 saturated heterocycles. The van der Waals surface area contributed by atoms with Crippen LogP contribution in [0.25, 0.3) is 0 Å². The van der Waals surface area contributed by atoms with Gasteiger partial charge in [0.2, 0.25) is 5.91 Å². The van der Waals surface area contributed by atoms with Gasteiger partial charge in [0.05, 0.1) is 10.8 Å². The minimum atomic E-state index is 0.151. The van der Waals surface area contributed by atoms with Gasteiger partial charge in [-0.15, -0.1) is 11.3 Å². The van der Waals surface area contributed by atoms with Crippen molar-refractivity contribution < 1.29 is 9.59 Å². The van der Waals surface area contributed by atoms with Gasteiger partial charge in [0, 0.05) is 36.6 Å². The number of piperidine rings is 2. The van der Waals surface area contributed by atoms with Crippen molar-refractivity contribution in [2.24, 2.45) is 5.92 Å². The van der Waals surface area contributed by atoms with Crippen LogP contribution in [0.2, 0.25) is 0 Å². The second kappa shape index (κ2) is 7.69. The first kappa shape index (κ1) is 18.0. The van der Waals surface area contributed by atoms with Crippen LogP contribution in [0, 0.1) is 12.8 Å². The Bertz CT molecular complexity index is 662. The first-order valence-electron chi connectivity index (χ1n) is 10.0. The maximum absolute atomic E-state index is 12.6. The largest absolute Gasteiger partial charge is 0.353 e. The highest BCUT2D eigenvalue weighted by Gasteiger charge is 2.34. The van der Waals surface area contributed by atoms with Gasteiger partial charge in [-0.05, 0) is 64.1 Å². The summed E-state index contributed by atoms with van der Waals surface area (Å²) in [5.41, 5.74) is 0. The van der Waals surface area contributed by atoms with Crippen LogP contribution in [0.1, 0.15) is 53.1 Å². The van der Waals surface area contributed by atoms with E-state index >= 15 is 0 Å². The smallest absolute Gasteiger partial charge is 0.263 e. The quantitative estimate of drug-likeness (QED) is 0.880. The Labute approximate surface area is 159 Å². The number of carbonyl (C=O) groups excluding carboxylic acids is 2. The maximum atomic E-state index is 12.6. The molecule has 0 bridgehead atoms. The van der Waals surface area contributed by atoms with Crippen LogP contribution in [0.5, 0.6) is 0 Å². The predicted octanol–water partition coefficient (Wildman–Crippen LogP) is 2.65. The number of likely N-dealkylation sites (tertiary alicyclic amines) is 2. The summed E-state index contributed by atoms with van der Waals surface area (Å²) in [4.78, 5) is 31.6. The molecule has 4 rings (SSSR count). The topological polar surface area (TPSA) is 52.7 Å². The average Bonchev–Trinajstić information content (AvgIpc) is 3.38. The number of hydrogen-bond donors (Lipinski definition) is 1. The van der Waals surface area contributed by atoms with Crippen LogP contribution in [0.4, 0.5) is 0 Å². The van der Waals surface area contributed by atoms with E-state index in [0.29, 0.717) is 12.1 Å². The molecule has 3 heterocycles. The average molecular weight is 376 g/mol. The lowest BCUT2D eigenvalue weighted by atomic mass is 9.93. The van der Waals surface area contributed by atoms with Gasteiger partial charge in [0.1, 0.15) is 0 Å². The van der Waals surface area contributed by atoms with Gasteiger partial charge in [-0.1, -0.05) is 0 Å². The molecule has 2 aliphatic heterocycles. The Balaban J connectivity index is 1.28. The molecule has 0 aromatic carbocycles. The van der Waals surface area contributed by atoms with E-state index in [0.717, 1.165) is 69.6 Å². The monoisotopic (exact) mass is 375 g/mol. The Morgan fingerprint density at radius 3 is 2.50 bits per heavy atom.